The van der Waals surface area contributed by atoms with Crippen molar-refractivity contribution in [3.8, 4) is 11.8 Å². The summed E-state index contributed by atoms with van der Waals surface area (Å²) in [6.07, 6.45) is -0.544. The number of ether oxygens (including phenoxy) is 3. The van der Waals surface area contributed by atoms with Gasteiger partial charge in [0.05, 0.1) is 26.4 Å². The second kappa shape index (κ2) is 7.07. The molecule has 21 heavy (non-hydrogen) atoms. The highest BCUT2D eigenvalue weighted by Crippen LogP contribution is 2.20. The fourth-order valence-electron chi connectivity index (χ4n) is 2.32. The zero-order valence-electron chi connectivity index (χ0n) is 12.2. The van der Waals surface area contributed by atoms with Crippen molar-refractivity contribution in [2.75, 3.05) is 33.9 Å². The predicted molar refractivity (Wildman–Crippen MR) is 74.7 cm³/mol. The number of nitrogens with zero attached hydrogens (tertiary/aromatic N) is 2. The monoisotopic (exact) mass is 290 g/mol. The second-order valence-electron chi connectivity index (χ2n) is 4.76. The molecule has 1 saturated heterocycles. The molecule has 0 spiro atoms. The third-order valence-corrected chi connectivity index (χ3v) is 3.41. The Bertz CT molecular complexity index is 553. The number of carbonyl (C=O) groups excluding carboxylic acids is 1. The first kappa shape index (κ1) is 15.3. The minimum atomic E-state index is -0.544. The minimum Gasteiger partial charge on any atom is -0.495 e. The van der Waals surface area contributed by atoms with Crippen molar-refractivity contribution in [1.82, 2.24) is 4.90 Å². The van der Waals surface area contributed by atoms with E-state index >= 15 is 0 Å². The van der Waals surface area contributed by atoms with E-state index in [-0.39, 0.29) is 5.97 Å². The molecule has 0 N–H and O–H groups in total. The lowest BCUT2D eigenvalue weighted by Gasteiger charge is -2.31. The molecule has 0 aromatic heterocycles. The van der Waals surface area contributed by atoms with Crippen LogP contribution >= 0.6 is 0 Å². The van der Waals surface area contributed by atoms with E-state index in [4.69, 9.17) is 19.5 Å². The number of hydrogen-bond donors (Lipinski definition) is 0. The van der Waals surface area contributed by atoms with Gasteiger partial charge in [-0.2, -0.15) is 5.26 Å². The lowest BCUT2D eigenvalue weighted by molar-refractivity contribution is -0.160. The number of rotatable bonds is 4. The van der Waals surface area contributed by atoms with Crippen LogP contribution in [0.1, 0.15) is 11.1 Å². The number of nitriles is 1. The summed E-state index contributed by atoms with van der Waals surface area (Å²) in [6.45, 7) is 2.36. The normalized spacial score (nSPS) is 18.8. The third-order valence-electron chi connectivity index (χ3n) is 3.41. The summed E-state index contributed by atoms with van der Waals surface area (Å²) in [5.74, 6) is 0.211. The molecule has 0 bridgehead atoms. The summed E-state index contributed by atoms with van der Waals surface area (Å²) in [5, 5.41) is 9.10. The van der Waals surface area contributed by atoms with Crippen LogP contribution < -0.4 is 4.74 Å². The highest BCUT2D eigenvalue weighted by Gasteiger charge is 2.27. The maximum Gasteiger partial charge on any atom is 0.336 e. The summed E-state index contributed by atoms with van der Waals surface area (Å²) in [4.78, 5) is 13.6. The number of methoxy groups -OCH3 is 2. The number of hydrogen-bond acceptors (Lipinski definition) is 6. The van der Waals surface area contributed by atoms with Crippen LogP contribution in [0, 0.1) is 11.3 Å². The average molecular weight is 290 g/mol. The van der Waals surface area contributed by atoms with Gasteiger partial charge in [-0.1, -0.05) is 6.07 Å². The lowest BCUT2D eigenvalue weighted by atomic mass is 10.1. The Morgan fingerprint density at radius 3 is 3.00 bits per heavy atom. The van der Waals surface area contributed by atoms with Crippen LogP contribution in [0.15, 0.2) is 18.2 Å². The summed E-state index contributed by atoms with van der Waals surface area (Å²) in [7, 11) is 2.89. The Hall–Kier alpha value is -2.10. The van der Waals surface area contributed by atoms with Gasteiger partial charge in [0.15, 0.2) is 6.10 Å². The molecule has 1 unspecified atom stereocenters. The van der Waals surface area contributed by atoms with Crippen molar-refractivity contribution in [1.29, 1.82) is 5.26 Å². The Kier molecular flexibility index (Phi) is 5.14. The van der Waals surface area contributed by atoms with Crippen LogP contribution in [0.25, 0.3) is 0 Å². The van der Waals surface area contributed by atoms with Gasteiger partial charge in [0.2, 0.25) is 0 Å². The Balaban J connectivity index is 2.04. The molecule has 6 heteroatoms. The molecule has 1 atom stereocenters. The average Bonchev–Trinajstić information content (AvgIpc) is 2.54. The predicted octanol–water partition coefficient (Wildman–Crippen LogP) is 0.941. The number of morpholine rings is 1. The van der Waals surface area contributed by atoms with E-state index in [9.17, 15) is 4.79 Å². The molecule has 112 valence electrons. The van der Waals surface area contributed by atoms with Gasteiger partial charge in [-0.3, -0.25) is 4.90 Å². The van der Waals surface area contributed by atoms with E-state index in [1.54, 1.807) is 19.2 Å². The molecular weight excluding hydrogens is 272 g/mol. The summed E-state index contributed by atoms with van der Waals surface area (Å²) in [6, 6.07) is 7.63. The van der Waals surface area contributed by atoms with E-state index in [1.807, 2.05) is 6.07 Å². The van der Waals surface area contributed by atoms with Crippen molar-refractivity contribution in [2.24, 2.45) is 0 Å². The smallest absolute Gasteiger partial charge is 0.336 e. The maximum absolute atomic E-state index is 11.5. The van der Waals surface area contributed by atoms with Crippen molar-refractivity contribution in [3.05, 3.63) is 29.3 Å². The van der Waals surface area contributed by atoms with Gasteiger partial charge < -0.3 is 14.2 Å². The first-order valence-electron chi connectivity index (χ1n) is 6.66. The number of esters is 1. The Morgan fingerprint density at radius 1 is 1.52 bits per heavy atom. The lowest BCUT2D eigenvalue weighted by Crippen LogP contribution is -2.46. The molecule has 1 aliphatic heterocycles. The molecule has 2 rings (SSSR count). The molecule has 1 aromatic rings. The SMILES string of the molecule is COC(=O)C1CN(Cc2ccc(OC)c(C#N)c2)CCO1. The first-order chi connectivity index (χ1) is 10.2. The van der Waals surface area contributed by atoms with Crippen molar-refractivity contribution in [3.63, 3.8) is 0 Å². The van der Waals surface area contributed by atoms with Gasteiger partial charge in [-0.05, 0) is 17.7 Å². The molecule has 0 radical (unpaired) electrons. The molecule has 6 nitrogen and oxygen atoms in total. The summed E-state index contributed by atoms with van der Waals surface area (Å²) < 4.78 is 15.2. The van der Waals surface area contributed by atoms with E-state index in [0.717, 1.165) is 12.1 Å². The zero-order chi connectivity index (χ0) is 15.2. The summed E-state index contributed by atoms with van der Waals surface area (Å²) in [5.41, 5.74) is 1.51. The highest BCUT2D eigenvalue weighted by atomic mass is 16.6. The third kappa shape index (κ3) is 3.72. The van der Waals surface area contributed by atoms with Crippen LogP contribution in [-0.4, -0.2) is 50.9 Å². The molecule has 1 heterocycles. The molecule has 1 aliphatic rings. The van der Waals surface area contributed by atoms with Gasteiger partial charge in [0.25, 0.3) is 0 Å². The molecule has 1 aromatic carbocycles. The van der Waals surface area contributed by atoms with Crippen molar-refractivity contribution < 1.29 is 19.0 Å². The van der Waals surface area contributed by atoms with E-state index < -0.39 is 6.10 Å². The Labute approximate surface area is 123 Å². The maximum atomic E-state index is 11.5. The van der Waals surface area contributed by atoms with Gasteiger partial charge in [0, 0.05) is 19.6 Å². The summed E-state index contributed by atoms with van der Waals surface area (Å²) >= 11 is 0. The standard InChI is InChI=1S/C15H18N2O4/c1-19-13-4-3-11(7-12(13)8-16)9-17-5-6-21-14(10-17)15(18)20-2/h3-4,7,14H,5-6,9-10H2,1-2H3. The topological polar surface area (TPSA) is 71.8 Å². The molecule has 0 amide bonds. The fraction of sp³-hybridized carbons (Fsp3) is 0.467. The van der Waals surface area contributed by atoms with Gasteiger partial charge in [-0.25, -0.2) is 4.79 Å². The minimum absolute atomic E-state index is 0.354. The van der Waals surface area contributed by atoms with Gasteiger partial charge in [0.1, 0.15) is 11.8 Å². The van der Waals surface area contributed by atoms with E-state index in [2.05, 4.69) is 11.0 Å². The number of carbonyl (C=O) groups is 1. The van der Waals surface area contributed by atoms with Crippen molar-refractivity contribution in [2.45, 2.75) is 12.6 Å². The largest absolute Gasteiger partial charge is 0.495 e. The van der Waals surface area contributed by atoms with E-state index in [1.165, 1.54) is 7.11 Å². The van der Waals surface area contributed by atoms with Crippen LogP contribution in [0.4, 0.5) is 0 Å². The van der Waals surface area contributed by atoms with Crippen LogP contribution in [0.3, 0.4) is 0 Å². The van der Waals surface area contributed by atoms with Crippen LogP contribution in [0.5, 0.6) is 5.75 Å². The second-order valence-corrected chi connectivity index (χ2v) is 4.76. The molecular formula is C15H18N2O4. The quantitative estimate of drug-likeness (QED) is 0.769. The van der Waals surface area contributed by atoms with Crippen LogP contribution in [-0.2, 0) is 20.8 Å². The Morgan fingerprint density at radius 2 is 2.33 bits per heavy atom. The fourth-order valence-corrected chi connectivity index (χ4v) is 2.32. The number of benzene rings is 1. The zero-order valence-corrected chi connectivity index (χ0v) is 12.2. The van der Waals surface area contributed by atoms with E-state index in [0.29, 0.717) is 31.0 Å². The molecule has 0 aliphatic carbocycles. The van der Waals surface area contributed by atoms with Gasteiger partial charge >= 0.3 is 5.97 Å². The molecule has 0 saturated carbocycles. The van der Waals surface area contributed by atoms with Crippen LogP contribution in [0.2, 0.25) is 0 Å². The first-order valence-corrected chi connectivity index (χ1v) is 6.66. The van der Waals surface area contributed by atoms with Gasteiger partial charge in [-0.15, -0.1) is 0 Å². The van der Waals surface area contributed by atoms with Crippen molar-refractivity contribution >= 4 is 5.97 Å². The molecule has 1 fully saturated rings. The highest BCUT2D eigenvalue weighted by molar-refractivity contribution is 5.74.